The number of ether oxygens (including phenoxy) is 1. The van der Waals surface area contributed by atoms with E-state index < -0.39 is 0 Å². The molecule has 1 fully saturated rings. The monoisotopic (exact) mass is 357 g/mol. The summed E-state index contributed by atoms with van der Waals surface area (Å²) in [5.74, 6) is 0.671. The minimum absolute atomic E-state index is 0. The van der Waals surface area contributed by atoms with Crippen molar-refractivity contribution in [2.75, 3.05) is 0 Å². The highest BCUT2D eigenvalue weighted by Crippen LogP contribution is 2.30. The van der Waals surface area contributed by atoms with Gasteiger partial charge in [-0.2, -0.15) is 0 Å². The van der Waals surface area contributed by atoms with Crippen LogP contribution in [-0.4, -0.2) is 6.04 Å². The van der Waals surface area contributed by atoms with Crippen molar-refractivity contribution in [2.45, 2.75) is 32.0 Å². The summed E-state index contributed by atoms with van der Waals surface area (Å²) < 4.78 is 19.1. The summed E-state index contributed by atoms with van der Waals surface area (Å²) in [5, 5.41) is 6.03. The third-order valence-electron chi connectivity index (χ3n) is 4.45. The molecule has 0 heterocycles. The number of benzene rings is 3. The number of rotatable bonds is 6. The molecule has 2 nitrogen and oxygen atoms in total. The molecule has 0 unspecified atom stereocenters. The van der Waals surface area contributed by atoms with E-state index in [1.807, 2.05) is 6.07 Å². The van der Waals surface area contributed by atoms with Crippen molar-refractivity contribution >= 4 is 23.2 Å². The standard InChI is InChI=1S/C21H20FNO.ClH/c22-17-8-5-15(6-9-17)14-24-21-12-7-16-3-1-2-4-19(16)20(21)13-23-18-10-11-18;/h1-9,12,18,23H,10-11,13-14H2;1H. The topological polar surface area (TPSA) is 21.3 Å². The Labute approximate surface area is 153 Å². The molecule has 4 rings (SSSR count). The van der Waals surface area contributed by atoms with Crippen molar-refractivity contribution < 1.29 is 9.13 Å². The highest BCUT2D eigenvalue weighted by atomic mass is 35.5. The first-order chi connectivity index (χ1) is 11.8. The summed E-state index contributed by atoms with van der Waals surface area (Å²) in [7, 11) is 0. The molecule has 0 saturated heterocycles. The molecule has 0 spiro atoms. The third kappa shape index (κ3) is 4.30. The smallest absolute Gasteiger partial charge is 0.124 e. The van der Waals surface area contributed by atoms with Gasteiger partial charge in [-0.25, -0.2) is 4.39 Å². The van der Waals surface area contributed by atoms with Gasteiger partial charge in [0.15, 0.2) is 0 Å². The third-order valence-corrected chi connectivity index (χ3v) is 4.45. The van der Waals surface area contributed by atoms with Crippen LogP contribution in [0.2, 0.25) is 0 Å². The van der Waals surface area contributed by atoms with E-state index in [1.165, 1.54) is 41.3 Å². The predicted octanol–water partition coefficient (Wildman–Crippen LogP) is 5.23. The lowest BCUT2D eigenvalue weighted by Gasteiger charge is -2.15. The number of nitrogens with one attached hydrogen (secondary N) is 1. The average molecular weight is 358 g/mol. The van der Waals surface area contributed by atoms with E-state index in [0.29, 0.717) is 12.6 Å². The Balaban J connectivity index is 0.00000182. The maximum absolute atomic E-state index is 13.0. The molecule has 0 bridgehead atoms. The molecular weight excluding hydrogens is 337 g/mol. The molecule has 1 aliphatic rings. The second kappa shape index (κ2) is 7.85. The molecule has 130 valence electrons. The molecule has 1 N–H and O–H groups in total. The summed E-state index contributed by atoms with van der Waals surface area (Å²) in [5.41, 5.74) is 2.16. The second-order valence-electron chi connectivity index (χ2n) is 6.33. The van der Waals surface area contributed by atoms with Gasteiger partial charge in [0.25, 0.3) is 0 Å². The van der Waals surface area contributed by atoms with E-state index in [1.54, 1.807) is 12.1 Å². The SMILES string of the molecule is Cl.Fc1ccc(COc2ccc3ccccc3c2CNC2CC2)cc1. The number of halogens is 2. The van der Waals surface area contributed by atoms with Gasteiger partial charge in [0.05, 0.1) is 0 Å². The lowest BCUT2D eigenvalue weighted by molar-refractivity contribution is 0.302. The lowest BCUT2D eigenvalue weighted by atomic mass is 10.0. The fourth-order valence-corrected chi connectivity index (χ4v) is 2.91. The first-order valence-corrected chi connectivity index (χ1v) is 8.41. The molecule has 4 heteroatoms. The minimum atomic E-state index is -0.223. The van der Waals surface area contributed by atoms with E-state index in [0.717, 1.165) is 17.9 Å². The van der Waals surface area contributed by atoms with Crippen LogP contribution in [0.5, 0.6) is 5.75 Å². The van der Waals surface area contributed by atoms with Crippen molar-refractivity contribution in [3.63, 3.8) is 0 Å². The molecule has 1 aliphatic carbocycles. The Kier molecular flexibility index (Phi) is 5.57. The van der Waals surface area contributed by atoms with Crippen molar-refractivity contribution in [1.29, 1.82) is 0 Å². The van der Waals surface area contributed by atoms with Gasteiger partial charge in [-0.05, 0) is 47.4 Å². The first-order valence-electron chi connectivity index (χ1n) is 8.41. The number of hydrogen-bond donors (Lipinski definition) is 1. The summed E-state index contributed by atoms with van der Waals surface area (Å²) in [4.78, 5) is 0. The van der Waals surface area contributed by atoms with Crippen LogP contribution < -0.4 is 10.1 Å². The van der Waals surface area contributed by atoms with Crippen LogP contribution in [0.15, 0.2) is 60.7 Å². The van der Waals surface area contributed by atoms with Crippen LogP contribution in [-0.2, 0) is 13.2 Å². The lowest BCUT2D eigenvalue weighted by Crippen LogP contribution is -2.16. The summed E-state index contributed by atoms with van der Waals surface area (Å²) in [6, 6.07) is 19.6. The molecule has 0 atom stereocenters. The maximum Gasteiger partial charge on any atom is 0.124 e. The van der Waals surface area contributed by atoms with Gasteiger partial charge in [0, 0.05) is 18.2 Å². The molecule has 1 saturated carbocycles. The summed E-state index contributed by atoms with van der Waals surface area (Å²) in [6.45, 7) is 1.25. The summed E-state index contributed by atoms with van der Waals surface area (Å²) in [6.07, 6.45) is 2.52. The van der Waals surface area contributed by atoms with Gasteiger partial charge in [-0.15, -0.1) is 12.4 Å². The molecule has 3 aromatic carbocycles. The zero-order chi connectivity index (χ0) is 16.4. The van der Waals surface area contributed by atoms with E-state index in [2.05, 4.69) is 35.6 Å². The van der Waals surface area contributed by atoms with E-state index in [-0.39, 0.29) is 18.2 Å². The molecule has 3 aromatic rings. The predicted molar refractivity (Wildman–Crippen MR) is 102 cm³/mol. The van der Waals surface area contributed by atoms with Crippen LogP contribution >= 0.6 is 12.4 Å². The quantitative estimate of drug-likeness (QED) is 0.652. The number of hydrogen-bond acceptors (Lipinski definition) is 2. The van der Waals surface area contributed by atoms with Crippen LogP contribution in [0.25, 0.3) is 10.8 Å². The van der Waals surface area contributed by atoms with Crippen LogP contribution in [0.4, 0.5) is 4.39 Å². The molecule has 25 heavy (non-hydrogen) atoms. The van der Waals surface area contributed by atoms with E-state index >= 15 is 0 Å². The van der Waals surface area contributed by atoms with E-state index in [4.69, 9.17) is 4.74 Å². The van der Waals surface area contributed by atoms with Crippen molar-refractivity contribution in [3.8, 4) is 5.75 Å². The normalized spacial score (nSPS) is 13.5. The Morgan fingerprint density at radius 3 is 2.48 bits per heavy atom. The Hall–Kier alpha value is -2.10. The van der Waals surface area contributed by atoms with Crippen molar-refractivity contribution in [2.24, 2.45) is 0 Å². The molecule has 0 amide bonds. The zero-order valence-electron chi connectivity index (χ0n) is 13.9. The molecule has 0 radical (unpaired) electrons. The highest BCUT2D eigenvalue weighted by Gasteiger charge is 2.21. The van der Waals surface area contributed by atoms with Gasteiger partial charge in [-0.3, -0.25) is 0 Å². The first kappa shape index (κ1) is 17.7. The van der Waals surface area contributed by atoms with Gasteiger partial charge in [0.1, 0.15) is 18.2 Å². The maximum atomic E-state index is 13.0. The van der Waals surface area contributed by atoms with Crippen LogP contribution in [0.1, 0.15) is 24.0 Å². The fourth-order valence-electron chi connectivity index (χ4n) is 2.91. The molecule has 0 aliphatic heterocycles. The van der Waals surface area contributed by atoms with Crippen molar-refractivity contribution in [3.05, 3.63) is 77.6 Å². The van der Waals surface area contributed by atoms with Crippen LogP contribution in [0, 0.1) is 5.82 Å². The average Bonchev–Trinajstić information content (AvgIpc) is 3.44. The minimum Gasteiger partial charge on any atom is -0.489 e. The van der Waals surface area contributed by atoms with Gasteiger partial charge >= 0.3 is 0 Å². The van der Waals surface area contributed by atoms with Gasteiger partial charge in [0.2, 0.25) is 0 Å². The van der Waals surface area contributed by atoms with Crippen molar-refractivity contribution in [1.82, 2.24) is 5.32 Å². The zero-order valence-corrected chi connectivity index (χ0v) is 14.7. The Morgan fingerprint density at radius 1 is 0.960 bits per heavy atom. The largest absolute Gasteiger partial charge is 0.489 e. The fraction of sp³-hybridized carbons (Fsp3) is 0.238. The van der Waals surface area contributed by atoms with E-state index in [9.17, 15) is 4.39 Å². The van der Waals surface area contributed by atoms with Gasteiger partial charge in [-0.1, -0.05) is 42.5 Å². The van der Waals surface area contributed by atoms with Gasteiger partial charge < -0.3 is 10.1 Å². The molecule has 0 aromatic heterocycles. The number of fused-ring (bicyclic) bond motifs is 1. The molecular formula is C21H21ClFNO. The van der Waals surface area contributed by atoms with Crippen LogP contribution in [0.3, 0.4) is 0 Å². The summed E-state index contributed by atoms with van der Waals surface area (Å²) >= 11 is 0. The Morgan fingerprint density at radius 2 is 1.72 bits per heavy atom. The Bertz CT molecular complexity index is 846. The second-order valence-corrected chi connectivity index (χ2v) is 6.33. The highest BCUT2D eigenvalue weighted by molar-refractivity contribution is 5.87.